The molecule has 2 atom stereocenters. The first-order valence-corrected chi connectivity index (χ1v) is 11.4. The normalized spacial score (nSPS) is 24.1. The summed E-state index contributed by atoms with van der Waals surface area (Å²) in [5.74, 6) is 0.877. The molecule has 2 aliphatic heterocycles. The third-order valence-corrected chi connectivity index (χ3v) is 6.82. The minimum absolute atomic E-state index is 0.135. The zero-order valence-corrected chi connectivity index (χ0v) is 17.4. The van der Waals surface area contributed by atoms with Gasteiger partial charge in [-0.05, 0) is 55.5 Å². The van der Waals surface area contributed by atoms with Crippen molar-refractivity contribution in [1.82, 2.24) is 9.62 Å². The van der Waals surface area contributed by atoms with E-state index in [1.54, 1.807) is 0 Å². The van der Waals surface area contributed by atoms with Crippen LogP contribution in [0.25, 0.3) is 0 Å². The van der Waals surface area contributed by atoms with Gasteiger partial charge in [0.05, 0.1) is 10.6 Å². The standard InChI is InChI=1S/C20H29N3O4S/c1-15-12-16(2)14-22(13-15)11-3-10-21-28(26,27)18-6-4-17(5-7-18)23-19(24)8-9-20(23)25/h4-7,15-16,21H,3,8-14H2,1-2H3/t15-,16+. The molecular formula is C20H29N3O4S. The van der Waals surface area contributed by atoms with Gasteiger partial charge in [0.1, 0.15) is 0 Å². The van der Waals surface area contributed by atoms with E-state index in [1.807, 2.05) is 0 Å². The quantitative estimate of drug-likeness (QED) is 0.552. The molecule has 2 fully saturated rings. The average molecular weight is 408 g/mol. The first-order valence-electron chi connectivity index (χ1n) is 9.94. The summed E-state index contributed by atoms with van der Waals surface area (Å²) < 4.78 is 27.6. The van der Waals surface area contributed by atoms with Crippen LogP contribution in [0.5, 0.6) is 0 Å². The molecule has 1 aromatic rings. The van der Waals surface area contributed by atoms with Crippen molar-refractivity contribution < 1.29 is 18.0 Å². The smallest absolute Gasteiger partial charge is 0.240 e. The van der Waals surface area contributed by atoms with E-state index in [0.717, 1.165) is 31.0 Å². The summed E-state index contributed by atoms with van der Waals surface area (Å²) in [5.41, 5.74) is 0.416. The van der Waals surface area contributed by atoms with Gasteiger partial charge in [0, 0.05) is 32.5 Å². The third kappa shape index (κ3) is 4.98. The Balaban J connectivity index is 1.52. The van der Waals surface area contributed by atoms with Crippen LogP contribution in [-0.2, 0) is 19.6 Å². The maximum absolute atomic E-state index is 12.5. The van der Waals surface area contributed by atoms with Gasteiger partial charge >= 0.3 is 0 Å². The molecule has 8 heteroatoms. The molecule has 0 spiro atoms. The van der Waals surface area contributed by atoms with Crippen molar-refractivity contribution in [2.45, 2.75) is 44.4 Å². The van der Waals surface area contributed by atoms with Crippen LogP contribution in [0.15, 0.2) is 29.2 Å². The SMILES string of the molecule is C[C@@H]1C[C@H](C)CN(CCCNS(=O)(=O)c2ccc(N3C(=O)CCC3=O)cc2)C1. The van der Waals surface area contributed by atoms with Crippen LogP contribution in [0.4, 0.5) is 5.69 Å². The summed E-state index contributed by atoms with van der Waals surface area (Å²) in [6.45, 7) is 7.94. The van der Waals surface area contributed by atoms with Gasteiger partial charge in [-0.1, -0.05) is 13.8 Å². The number of carbonyl (C=O) groups is 2. The molecule has 1 aromatic carbocycles. The minimum atomic E-state index is -3.61. The lowest BCUT2D eigenvalue weighted by atomic mass is 9.92. The van der Waals surface area contributed by atoms with Crippen LogP contribution in [0.1, 0.15) is 39.5 Å². The summed E-state index contributed by atoms with van der Waals surface area (Å²) in [5, 5.41) is 0. The molecule has 0 aliphatic carbocycles. The van der Waals surface area contributed by atoms with E-state index in [-0.39, 0.29) is 29.6 Å². The predicted molar refractivity (Wildman–Crippen MR) is 107 cm³/mol. The molecule has 28 heavy (non-hydrogen) atoms. The van der Waals surface area contributed by atoms with Crippen molar-refractivity contribution in [3.63, 3.8) is 0 Å². The Morgan fingerprint density at radius 3 is 2.14 bits per heavy atom. The van der Waals surface area contributed by atoms with Gasteiger partial charge in [-0.15, -0.1) is 0 Å². The lowest BCUT2D eigenvalue weighted by Gasteiger charge is -2.34. The van der Waals surface area contributed by atoms with E-state index in [1.165, 1.54) is 30.7 Å². The number of rotatable bonds is 7. The number of likely N-dealkylation sites (tertiary alicyclic amines) is 1. The van der Waals surface area contributed by atoms with Gasteiger partial charge in [0.25, 0.3) is 0 Å². The largest absolute Gasteiger partial charge is 0.303 e. The molecule has 2 amide bonds. The first kappa shape index (κ1) is 21.0. The predicted octanol–water partition coefficient (Wildman–Crippen LogP) is 1.99. The summed E-state index contributed by atoms with van der Waals surface area (Å²) in [6, 6.07) is 5.88. The number of sulfonamides is 1. The van der Waals surface area contributed by atoms with E-state index < -0.39 is 10.0 Å². The fraction of sp³-hybridized carbons (Fsp3) is 0.600. The van der Waals surface area contributed by atoms with Gasteiger partial charge in [-0.2, -0.15) is 0 Å². The van der Waals surface area contributed by atoms with Crippen molar-refractivity contribution in [2.75, 3.05) is 31.1 Å². The number of nitrogens with one attached hydrogen (secondary N) is 1. The number of benzene rings is 1. The molecule has 7 nitrogen and oxygen atoms in total. The molecule has 3 rings (SSSR count). The molecular weight excluding hydrogens is 378 g/mol. The van der Waals surface area contributed by atoms with Gasteiger partial charge in [-0.25, -0.2) is 13.1 Å². The Bertz CT molecular complexity index is 796. The zero-order chi connectivity index (χ0) is 20.3. The van der Waals surface area contributed by atoms with Gasteiger partial charge in [0.15, 0.2) is 0 Å². The highest BCUT2D eigenvalue weighted by molar-refractivity contribution is 7.89. The molecule has 0 aromatic heterocycles. The van der Waals surface area contributed by atoms with Crippen molar-refractivity contribution >= 4 is 27.5 Å². The highest BCUT2D eigenvalue weighted by atomic mass is 32.2. The highest BCUT2D eigenvalue weighted by Crippen LogP contribution is 2.24. The number of carbonyl (C=O) groups excluding carboxylic acids is 2. The Hall–Kier alpha value is -1.77. The maximum atomic E-state index is 12.5. The van der Waals surface area contributed by atoms with Gasteiger partial charge in [0.2, 0.25) is 21.8 Å². The fourth-order valence-electron chi connectivity index (χ4n) is 4.21. The van der Waals surface area contributed by atoms with Crippen LogP contribution in [0.3, 0.4) is 0 Å². The molecule has 2 aliphatic rings. The lowest BCUT2D eigenvalue weighted by Crippen LogP contribution is -2.40. The molecule has 0 radical (unpaired) electrons. The van der Waals surface area contributed by atoms with E-state index in [0.29, 0.717) is 24.1 Å². The van der Waals surface area contributed by atoms with E-state index in [2.05, 4.69) is 23.5 Å². The van der Waals surface area contributed by atoms with Crippen LogP contribution >= 0.6 is 0 Å². The summed E-state index contributed by atoms with van der Waals surface area (Å²) in [7, 11) is -3.61. The molecule has 0 saturated carbocycles. The Morgan fingerprint density at radius 2 is 1.57 bits per heavy atom. The number of imide groups is 1. The average Bonchev–Trinajstić information content (AvgIpc) is 2.96. The van der Waals surface area contributed by atoms with E-state index >= 15 is 0 Å². The first-order chi connectivity index (χ1) is 13.3. The number of hydrogen-bond acceptors (Lipinski definition) is 5. The summed E-state index contributed by atoms with van der Waals surface area (Å²) in [6.07, 6.45) is 2.42. The molecule has 0 unspecified atom stereocenters. The Labute approximate surface area is 167 Å². The lowest BCUT2D eigenvalue weighted by molar-refractivity contribution is -0.121. The third-order valence-electron chi connectivity index (χ3n) is 5.34. The highest BCUT2D eigenvalue weighted by Gasteiger charge is 2.30. The van der Waals surface area contributed by atoms with Crippen LogP contribution in [0, 0.1) is 11.8 Å². The van der Waals surface area contributed by atoms with Gasteiger partial charge < -0.3 is 4.90 Å². The summed E-state index contributed by atoms with van der Waals surface area (Å²) >= 11 is 0. The van der Waals surface area contributed by atoms with Crippen molar-refractivity contribution in [2.24, 2.45) is 11.8 Å². The molecule has 1 N–H and O–H groups in total. The van der Waals surface area contributed by atoms with Crippen LogP contribution < -0.4 is 9.62 Å². The number of piperidine rings is 1. The second-order valence-corrected chi connectivity index (χ2v) is 9.84. The Morgan fingerprint density at radius 1 is 1.00 bits per heavy atom. The van der Waals surface area contributed by atoms with E-state index in [9.17, 15) is 18.0 Å². The minimum Gasteiger partial charge on any atom is -0.303 e. The Kier molecular flexibility index (Phi) is 6.52. The molecule has 2 saturated heterocycles. The second-order valence-electron chi connectivity index (χ2n) is 8.07. The molecule has 154 valence electrons. The zero-order valence-electron chi connectivity index (χ0n) is 16.6. The second kappa shape index (κ2) is 8.71. The van der Waals surface area contributed by atoms with Crippen LogP contribution in [0.2, 0.25) is 0 Å². The van der Waals surface area contributed by atoms with Gasteiger partial charge in [-0.3, -0.25) is 14.5 Å². The summed E-state index contributed by atoms with van der Waals surface area (Å²) in [4.78, 5) is 27.2. The number of anilines is 1. The van der Waals surface area contributed by atoms with Crippen molar-refractivity contribution in [3.05, 3.63) is 24.3 Å². The number of nitrogens with zero attached hydrogens (tertiary/aromatic N) is 2. The fourth-order valence-corrected chi connectivity index (χ4v) is 5.28. The molecule has 2 heterocycles. The molecule has 0 bridgehead atoms. The number of amides is 2. The monoisotopic (exact) mass is 407 g/mol. The van der Waals surface area contributed by atoms with Crippen molar-refractivity contribution in [3.8, 4) is 0 Å². The maximum Gasteiger partial charge on any atom is 0.240 e. The van der Waals surface area contributed by atoms with Crippen molar-refractivity contribution in [1.29, 1.82) is 0 Å². The van der Waals surface area contributed by atoms with E-state index in [4.69, 9.17) is 0 Å². The van der Waals surface area contributed by atoms with Crippen LogP contribution in [-0.4, -0.2) is 51.3 Å². The number of hydrogen-bond donors (Lipinski definition) is 1. The topological polar surface area (TPSA) is 86.8 Å².